The topological polar surface area (TPSA) is 99.7 Å². The molecule has 0 saturated carbocycles. The monoisotopic (exact) mass is 447 g/mol. The first-order valence-corrected chi connectivity index (χ1v) is 11.4. The van der Waals surface area contributed by atoms with Crippen molar-refractivity contribution in [1.82, 2.24) is 19.6 Å². The first-order valence-electron chi connectivity index (χ1n) is 10.6. The maximum atomic E-state index is 13.1. The van der Waals surface area contributed by atoms with Crippen LogP contribution >= 0.6 is 11.5 Å². The number of nitrogens with two attached hydrogens (primary N) is 1. The second-order valence-electron chi connectivity index (χ2n) is 7.45. The van der Waals surface area contributed by atoms with Crippen molar-refractivity contribution < 1.29 is 9.18 Å². The maximum Gasteiger partial charge on any atom is 0.222 e. The Balaban J connectivity index is 1.61. The molecule has 8 nitrogen and oxygen atoms in total. The van der Waals surface area contributed by atoms with E-state index < -0.39 is 11.8 Å². The summed E-state index contributed by atoms with van der Waals surface area (Å²) >= 11 is 1.45. The number of nitrogens with zero attached hydrogens (tertiary/aromatic N) is 5. The van der Waals surface area contributed by atoms with E-state index in [0.717, 1.165) is 61.6 Å². The summed E-state index contributed by atoms with van der Waals surface area (Å²) < 4.78 is 17.5. The van der Waals surface area contributed by atoms with E-state index in [0.29, 0.717) is 6.42 Å². The Morgan fingerprint density at radius 2 is 1.97 bits per heavy atom. The molecular weight excluding hydrogens is 417 g/mol. The largest absolute Gasteiger partial charge is 0.369 e. The van der Waals surface area contributed by atoms with Crippen molar-refractivity contribution in [3.63, 3.8) is 0 Å². The number of primary amides is 1. The summed E-state index contributed by atoms with van der Waals surface area (Å²) in [5.41, 5.74) is 6.48. The Bertz CT molecular complexity index is 878. The molecule has 2 aromatic rings. The zero-order valence-corrected chi connectivity index (χ0v) is 18.9. The lowest BCUT2D eigenvalue weighted by Gasteiger charge is -2.36. The van der Waals surface area contributed by atoms with Crippen molar-refractivity contribution in [3.8, 4) is 0 Å². The summed E-state index contributed by atoms with van der Waals surface area (Å²) in [5.74, 6) is 0.506. The molecule has 0 spiro atoms. The van der Waals surface area contributed by atoms with Crippen molar-refractivity contribution >= 4 is 28.5 Å². The van der Waals surface area contributed by atoms with E-state index in [1.54, 1.807) is 12.1 Å². The molecule has 1 aliphatic heterocycles. The van der Waals surface area contributed by atoms with E-state index in [4.69, 9.17) is 10.7 Å². The minimum absolute atomic E-state index is 0.283. The van der Waals surface area contributed by atoms with E-state index in [1.165, 1.54) is 23.7 Å². The molecule has 1 aromatic heterocycles. The highest BCUT2D eigenvalue weighted by Gasteiger charge is 2.23. The molecule has 1 aromatic carbocycles. The fraction of sp³-hybridized carbons (Fsp3) is 0.524. The Kier molecular flexibility index (Phi) is 8.16. The lowest BCUT2D eigenvalue weighted by Crippen LogP contribution is -2.52. The molecule has 1 atom stereocenters. The third-order valence-electron chi connectivity index (χ3n) is 5.22. The van der Waals surface area contributed by atoms with Crippen LogP contribution in [0.25, 0.3) is 0 Å². The number of carbonyl (C=O) groups excluding carboxylic acids is 1. The van der Waals surface area contributed by atoms with Crippen molar-refractivity contribution in [2.24, 2.45) is 16.6 Å². The molecule has 3 rings (SSSR count). The van der Waals surface area contributed by atoms with Crippen LogP contribution in [0.3, 0.4) is 0 Å². The number of aliphatic imine (C=N–C) groups is 1. The maximum absolute atomic E-state index is 13.1. The molecule has 10 heteroatoms. The number of aryl methyl sites for hydroxylation is 1. The number of hydrogen-bond donors (Lipinski definition) is 2. The number of rotatable bonds is 8. The van der Waals surface area contributed by atoms with E-state index in [2.05, 4.69) is 31.4 Å². The summed E-state index contributed by atoms with van der Waals surface area (Å²) in [5, 5.41) is 4.28. The van der Waals surface area contributed by atoms with Crippen molar-refractivity contribution in [2.75, 3.05) is 44.2 Å². The number of piperazine rings is 1. The van der Waals surface area contributed by atoms with Crippen LogP contribution in [-0.2, 0) is 17.6 Å². The van der Waals surface area contributed by atoms with Gasteiger partial charge in [0.1, 0.15) is 11.6 Å². The molecule has 3 N–H and O–H groups in total. The fourth-order valence-corrected chi connectivity index (χ4v) is 4.21. The number of halogens is 1. The van der Waals surface area contributed by atoms with Gasteiger partial charge >= 0.3 is 0 Å². The molecule has 168 valence electrons. The highest BCUT2D eigenvalue weighted by molar-refractivity contribution is 7.09. The number of carbonyl (C=O) groups is 1. The first kappa shape index (κ1) is 22.9. The van der Waals surface area contributed by atoms with Crippen LogP contribution in [0.4, 0.5) is 9.52 Å². The van der Waals surface area contributed by atoms with Gasteiger partial charge in [0.15, 0.2) is 5.96 Å². The van der Waals surface area contributed by atoms with E-state index in [-0.39, 0.29) is 12.4 Å². The molecule has 0 bridgehead atoms. The lowest BCUT2D eigenvalue weighted by molar-refractivity contribution is -0.121. The van der Waals surface area contributed by atoms with Gasteiger partial charge in [-0.2, -0.15) is 4.37 Å². The normalized spacial score (nSPS) is 15.8. The SMILES string of the molecule is CCNC(=NCC(Cc1ccc(F)cc1)C(N)=O)N1CCN(c2nc(CC)ns2)CC1. The van der Waals surface area contributed by atoms with Crippen LogP contribution in [0.2, 0.25) is 0 Å². The molecule has 31 heavy (non-hydrogen) atoms. The standard InChI is InChI=1S/C21H30FN7OS/c1-3-18-26-21(31-27-18)29-11-9-28(10-12-29)20(24-4-2)25-14-16(19(23)30)13-15-5-7-17(22)8-6-15/h5-8,16H,3-4,9-14H2,1-2H3,(H2,23,30)(H,24,25). The van der Waals surface area contributed by atoms with Crippen molar-refractivity contribution in [1.29, 1.82) is 0 Å². The summed E-state index contributed by atoms with van der Waals surface area (Å²) in [6.45, 7) is 8.34. The van der Waals surface area contributed by atoms with E-state index in [1.807, 2.05) is 6.92 Å². The summed E-state index contributed by atoms with van der Waals surface area (Å²) in [6.07, 6.45) is 1.27. The van der Waals surface area contributed by atoms with Crippen LogP contribution < -0.4 is 16.0 Å². The van der Waals surface area contributed by atoms with Crippen molar-refractivity contribution in [3.05, 3.63) is 41.5 Å². The molecule has 0 aliphatic carbocycles. The average molecular weight is 448 g/mol. The highest BCUT2D eigenvalue weighted by Crippen LogP contribution is 2.19. The van der Waals surface area contributed by atoms with Gasteiger partial charge in [-0.05, 0) is 31.0 Å². The predicted molar refractivity (Wildman–Crippen MR) is 122 cm³/mol. The van der Waals surface area contributed by atoms with Crippen molar-refractivity contribution in [2.45, 2.75) is 26.7 Å². The Hall–Kier alpha value is -2.75. The number of hydrogen-bond acceptors (Lipinski definition) is 6. The number of benzene rings is 1. The van der Waals surface area contributed by atoms with Gasteiger partial charge in [0.05, 0.1) is 12.5 Å². The molecule has 1 aliphatic rings. The molecule has 1 unspecified atom stereocenters. The predicted octanol–water partition coefficient (Wildman–Crippen LogP) is 1.67. The van der Waals surface area contributed by atoms with Gasteiger partial charge in [0, 0.05) is 50.7 Å². The quantitative estimate of drug-likeness (QED) is 0.472. The molecule has 1 amide bonds. The minimum atomic E-state index is -0.450. The van der Waals surface area contributed by atoms with Gasteiger partial charge in [-0.25, -0.2) is 9.37 Å². The zero-order chi connectivity index (χ0) is 22.2. The summed E-state index contributed by atoms with van der Waals surface area (Å²) in [6, 6.07) is 6.14. The molecule has 0 radical (unpaired) electrons. The third kappa shape index (κ3) is 6.36. The van der Waals surface area contributed by atoms with Crippen LogP contribution in [0, 0.1) is 11.7 Å². The van der Waals surface area contributed by atoms with Crippen LogP contribution in [0.5, 0.6) is 0 Å². The van der Waals surface area contributed by atoms with Gasteiger partial charge in [0.2, 0.25) is 11.0 Å². The molecule has 1 fully saturated rings. The fourth-order valence-electron chi connectivity index (χ4n) is 3.41. The average Bonchev–Trinajstić information content (AvgIpc) is 3.26. The Labute approximate surface area is 186 Å². The Morgan fingerprint density at radius 1 is 1.26 bits per heavy atom. The smallest absolute Gasteiger partial charge is 0.222 e. The number of amides is 1. The molecule has 2 heterocycles. The second-order valence-corrected chi connectivity index (χ2v) is 8.18. The van der Waals surface area contributed by atoms with Crippen LogP contribution in [0.15, 0.2) is 29.3 Å². The second kappa shape index (κ2) is 11.0. The third-order valence-corrected chi connectivity index (χ3v) is 6.03. The first-order chi connectivity index (χ1) is 15.0. The minimum Gasteiger partial charge on any atom is -0.369 e. The number of anilines is 1. The van der Waals surface area contributed by atoms with Crippen LogP contribution in [-0.4, -0.2) is 65.4 Å². The van der Waals surface area contributed by atoms with Crippen LogP contribution in [0.1, 0.15) is 25.2 Å². The lowest BCUT2D eigenvalue weighted by atomic mass is 9.99. The summed E-state index contributed by atoms with van der Waals surface area (Å²) in [7, 11) is 0. The number of guanidine groups is 1. The van der Waals surface area contributed by atoms with Gasteiger partial charge < -0.3 is 20.9 Å². The van der Waals surface area contributed by atoms with E-state index in [9.17, 15) is 9.18 Å². The van der Waals surface area contributed by atoms with Gasteiger partial charge in [0.25, 0.3) is 0 Å². The molecule has 1 saturated heterocycles. The highest BCUT2D eigenvalue weighted by atomic mass is 32.1. The van der Waals surface area contributed by atoms with Gasteiger partial charge in [-0.3, -0.25) is 9.79 Å². The van der Waals surface area contributed by atoms with Gasteiger partial charge in [-0.15, -0.1) is 0 Å². The Morgan fingerprint density at radius 3 is 2.55 bits per heavy atom. The van der Waals surface area contributed by atoms with Gasteiger partial charge in [-0.1, -0.05) is 19.1 Å². The van der Waals surface area contributed by atoms with E-state index >= 15 is 0 Å². The molecular formula is C21H30FN7OS. The number of nitrogens with one attached hydrogen (secondary N) is 1. The zero-order valence-electron chi connectivity index (χ0n) is 18.1. The number of aromatic nitrogens is 2. The summed E-state index contributed by atoms with van der Waals surface area (Å²) in [4.78, 5) is 25.7.